The largest absolute Gasteiger partial charge is 0.396 e. The molecule has 0 radical (unpaired) electrons. The molecule has 0 saturated carbocycles. The van der Waals surface area contributed by atoms with E-state index in [9.17, 15) is 19.5 Å². The molecule has 3 aliphatic rings. The van der Waals surface area contributed by atoms with Gasteiger partial charge in [-0.1, -0.05) is 62.8 Å². The molecule has 8 heteroatoms. The van der Waals surface area contributed by atoms with E-state index in [1.54, 1.807) is 22.0 Å². The molecule has 3 aliphatic heterocycles. The summed E-state index contributed by atoms with van der Waals surface area (Å²) < 4.78 is 6.98. The van der Waals surface area contributed by atoms with Gasteiger partial charge in [-0.2, -0.15) is 0 Å². The van der Waals surface area contributed by atoms with Crippen LogP contribution in [-0.4, -0.2) is 87.1 Å². The fourth-order valence-corrected chi connectivity index (χ4v) is 7.95. The highest BCUT2D eigenvalue weighted by molar-refractivity contribution is 5.99. The van der Waals surface area contributed by atoms with Crippen molar-refractivity contribution in [2.75, 3.05) is 26.2 Å². The quantitative estimate of drug-likeness (QED) is 0.224. The molecule has 3 heterocycles. The molecule has 43 heavy (non-hydrogen) atoms. The molecule has 0 aliphatic carbocycles. The lowest BCUT2D eigenvalue weighted by molar-refractivity contribution is -0.156. The molecule has 2 bridgehead atoms. The van der Waals surface area contributed by atoms with Gasteiger partial charge >= 0.3 is 0 Å². The number of carbonyl (C=O) groups excluding carboxylic acids is 3. The highest BCUT2D eigenvalue weighted by atomic mass is 16.5. The first-order valence-electron chi connectivity index (χ1n) is 16.1. The van der Waals surface area contributed by atoms with Crippen molar-refractivity contribution >= 4 is 17.7 Å². The van der Waals surface area contributed by atoms with Gasteiger partial charge in [0, 0.05) is 38.8 Å². The van der Waals surface area contributed by atoms with Gasteiger partial charge in [-0.15, -0.1) is 13.2 Å². The molecule has 236 valence electrons. The van der Waals surface area contributed by atoms with Gasteiger partial charge in [-0.25, -0.2) is 0 Å². The molecule has 3 saturated heterocycles. The molecule has 1 N–H and O–H groups in total. The van der Waals surface area contributed by atoms with Crippen LogP contribution in [0.5, 0.6) is 0 Å². The third-order valence-electron chi connectivity index (χ3n) is 10.1. The maximum absolute atomic E-state index is 14.6. The molecule has 0 aromatic heterocycles. The molecule has 1 aromatic rings. The molecule has 1 aromatic carbocycles. The van der Waals surface area contributed by atoms with E-state index in [2.05, 4.69) is 27.0 Å². The first kappa shape index (κ1) is 32.9. The highest BCUT2D eigenvalue weighted by Gasteiger charge is 2.80. The molecular formula is C35H51N3O5. The highest BCUT2D eigenvalue weighted by Crippen LogP contribution is 2.65. The Morgan fingerprint density at radius 3 is 2.47 bits per heavy atom. The smallest absolute Gasteiger partial charge is 0.248 e. The molecule has 4 rings (SSSR count). The Bertz CT molecular complexity index is 1170. The second-order valence-electron chi connectivity index (χ2n) is 12.9. The number of rotatable bonds is 16. The summed E-state index contributed by atoms with van der Waals surface area (Å²) in [6.45, 7) is 17.6. The van der Waals surface area contributed by atoms with Gasteiger partial charge in [0.05, 0.1) is 17.4 Å². The lowest BCUT2D eigenvalue weighted by Crippen LogP contribution is -2.58. The number of benzene rings is 1. The average molecular weight is 594 g/mol. The van der Waals surface area contributed by atoms with Crippen molar-refractivity contribution in [1.82, 2.24) is 14.7 Å². The molecule has 3 amide bonds. The van der Waals surface area contributed by atoms with Gasteiger partial charge in [-0.05, 0) is 57.4 Å². The van der Waals surface area contributed by atoms with Crippen LogP contribution in [0, 0.1) is 17.8 Å². The van der Waals surface area contributed by atoms with Gasteiger partial charge in [0.15, 0.2) is 0 Å². The number of aliphatic hydroxyl groups is 1. The van der Waals surface area contributed by atoms with Crippen LogP contribution in [-0.2, 0) is 25.7 Å². The standard InChI is InChI=1S/C35H51N3O5/c1-7-16-26(5)37(20-9-3)33(42)30-35-23-25(4)34(6,43-35)28(29(35)32(41)38(30)21-14-11-15-22-39)31(40)36(19-8-2)24-27-17-12-10-13-18-27/h8-10,12-13,17-18,25-26,28-30,39H,2-3,7,11,14-16,19-24H2,1,4-6H3/t25?,26?,28-,29-,30?,34+,35?/m0/s1. The van der Waals surface area contributed by atoms with Crippen LogP contribution in [0.3, 0.4) is 0 Å². The second kappa shape index (κ2) is 13.8. The summed E-state index contributed by atoms with van der Waals surface area (Å²) in [6, 6.07) is 8.97. The minimum atomic E-state index is -1.09. The summed E-state index contributed by atoms with van der Waals surface area (Å²) in [5.41, 5.74) is -0.971. The van der Waals surface area contributed by atoms with Gasteiger partial charge in [-0.3, -0.25) is 14.4 Å². The van der Waals surface area contributed by atoms with Crippen LogP contribution in [0.4, 0.5) is 0 Å². The molecule has 4 unspecified atom stereocenters. The summed E-state index contributed by atoms with van der Waals surface area (Å²) in [7, 11) is 0. The van der Waals surface area contributed by atoms with Crippen LogP contribution >= 0.6 is 0 Å². The number of amides is 3. The van der Waals surface area contributed by atoms with E-state index in [1.807, 2.05) is 49.1 Å². The second-order valence-corrected chi connectivity index (χ2v) is 12.9. The van der Waals surface area contributed by atoms with Crippen molar-refractivity contribution in [3.8, 4) is 0 Å². The topological polar surface area (TPSA) is 90.4 Å². The number of fused-ring (bicyclic) bond motifs is 1. The molecule has 1 spiro atoms. The minimum absolute atomic E-state index is 0.0293. The zero-order valence-corrected chi connectivity index (χ0v) is 26.5. The summed E-state index contributed by atoms with van der Waals surface area (Å²) in [4.78, 5) is 49.1. The van der Waals surface area contributed by atoms with Crippen molar-refractivity contribution in [2.24, 2.45) is 17.8 Å². The summed E-state index contributed by atoms with van der Waals surface area (Å²) >= 11 is 0. The molecule has 7 atom stereocenters. The van der Waals surface area contributed by atoms with E-state index in [4.69, 9.17) is 4.74 Å². The van der Waals surface area contributed by atoms with E-state index in [0.717, 1.165) is 24.8 Å². The van der Waals surface area contributed by atoms with E-state index in [-0.39, 0.29) is 36.3 Å². The first-order valence-corrected chi connectivity index (χ1v) is 16.1. The van der Waals surface area contributed by atoms with Gasteiger partial charge < -0.3 is 24.5 Å². The fraction of sp³-hybridized carbons (Fsp3) is 0.629. The third-order valence-corrected chi connectivity index (χ3v) is 10.1. The van der Waals surface area contributed by atoms with Crippen LogP contribution in [0.15, 0.2) is 55.6 Å². The third kappa shape index (κ3) is 5.93. The molecule has 8 nitrogen and oxygen atoms in total. The monoisotopic (exact) mass is 593 g/mol. The van der Waals surface area contributed by atoms with Gasteiger partial charge in [0.1, 0.15) is 11.6 Å². The van der Waals surface area contributed by atoms with Crippen molar-refractivity contribution in [3.05, 3.63) is 61.2 Å². The maximum atomic E-state index is 14.6. The van der Waals surface area contributed by atoms with Gasteiger partial charge in [0.25, 0.3) is 0 Å². The van der Waals surface area contributed by atoms with Crippen LogP contribution in [0.2, 0.25) is 0 Å². The lowest BCUT2D eigenvalue weighted by atomic mass is 9.62. The Morgan fingerprint density at radius 1 is 1.14 bits per heavy atom. The lowest BCUT2D eigenvalue weighted by Gasteiger charge is -2.40. The number of nitrogens with zero attached hydrogens (tertiary/aromatic N) is 3. The van der Waals surface area contributed by atoms with Crippen molar-refractivity contribution < 1.29 is 24.2 Å². The van der Waals surface area contributed by atoms with Gasteiger partial charge in [0.2, 0.25) is 17.7 Å². The van der Waals surface area contributed by atoms with Crippen molar-refractivity contribution in [1.29, 1.82) is 0 Å². The summed E-state index contributed by atoms with van der Waals surface area (Å²) in [5.74, 6) is -1.92. The maximum Gasteiger partial charge on any atom is 0.248 e. The van der Waals surface area contributed by atoms with E-state index < -0.39 is 29.1 Å². The fourth-order valence-electron chi connectivity index (χ4n) is 7.95. The normalized spacial score (nSPS) is 29.8. The number of hydrogen-bond donors (Lipinski definition) is 1. The van der Waals surface area contributed by atoms with Crippen LogP contribution < -0.4 is 0 Å². The van der Waals surface area contributed by atoms with E-state index >= 15 is 0 Å². The Labute approximate surface area is 257 Å². The Balaban J connectivity index is 1.77. The van der Waals surface area contributed by atoms with Crippen LogP contribution in [0.25, 0.3) is 0 Å². The number of aliphatic hydroxyl groups excluding tert-OH is 1. The first-order chi connectivity index (χ1) is 20.6. The predicted molar refractivity (Wildman–Crippen MR) is 168 cm³/mol. The summed E-state index contributed by atoms with van der Waals surface area (Å²) in [6.07, 6.45) is 7.78. The number of hydrogen-bond acceptors (Lipinski definition) is 5. The zero-order chi connectivity index (χ0) is 31.4. The average Bonchev–Trinajstić information content (AvgIpc) is 3.50. The number of ether oxygens (including phenoxy) is 1. The van der Waals surface area contributed by atoms with Crippen molar-refractivity contribution in [3.63, 3.8) is 0 Å². The van der Waals surface area contributed by atoms with Crippen molar-refractivity contribution in [2.45, 2.75) is 96.1 Å². The minimum Gasteiger partial charge on any atom is -0.396 e. The van der Waals surface area contributed by atoms with E-state index in [0.29, 0.717) is 45.4 Å². The number of unbranched alkanes of at least 4 members (excludes halogenated alkanes) is 2. The Hall–Kier alpha value is -2.97. The Kier molecular flexibility index (Phi) is 10.5. The van der Waals surface area contributed by atoms with E-state index in [1.165, 1.54) is 0 Å². The number of likely N-dealkylation sites (tertiary alicyclic amines) is 1. The SMILES string of the molecule is C=CCN(Cc1ccccc1)C(=O)[C@@H]1[C@H]2C(=O)N(CCCCCO)C(C(=O)N(CC=C)C(C)CCC)C23CC(C)[C@@]1(C)O3. The predicted octanol–water partition coefficient (Wildman–Crippen LogP) is 4.58. The zero-order valence-electron chi connectivity index (χ0n) is 26.5. The Morgan fingerprint density at radius 2 is 1.84 bits per heavy atom. The molecule has 3 fully saturated rings. The number of carbonyl (C=O) groups is 3. The van der Waals surface area contributed by atoms with Crippen LogP contribution in [0.1, 0.15) is 71.8 Å². The summed E-state index contributed by atoms with van der Waals surface area (Å²) in [5, 5.41) is 9.34. The molecular weight excluding hydrogens is 542 g/mol.